The predicted octanol–water partition coefficient (Wildman–Crippen LogP) is 14.5. The van der Waals surface area contributed by atoms with Crippen molar-refractivity contribution in [2.24, 2.45) is 0 Å². The van der Waals surface area contributed by atoms with E-state index < -0.39 is 11.6 Å². The van der Waals surface area contributed by atoms with E-state index in [1.165, 1.54) is 40.5 Å². The van der Waals surface area contributed by atoms with Crippen molar-refractivity contribution in [1.29, 1.82) is 0 Å². The molecule has 10 aromatic rings. The fraction of sp³-hybridized carbons (Fsp3) is 0.0727. The van der Waals surface area contributed by atoms with Crippen LogP contribution >= 0.6 is 0 Å². The van der Waals surface area contributed by atoms with Gasteiger partial charge in [0.25, 0.3) is 0 Å². The van der Waals surface area contributed by atoms with Gasteiger partial charge in [-0.1, -0.05) is 156 Å². The van der Waals surface area contributed by atoms with Gasteiger partial charge in [-0.2, -0.15) is 0 Å². The van der Waals surface area contributed by atoms with Crippen molar-refractivity contribution >= 4 is 21.8 Å². The standard InChI is InChI=1S/C55H40F2N4/c1-33-24-34(2)27-42(26-33)39-18-21-44-45-22-19-40(43-28-35(3)25-36(4)29-43)32-51(45)61(50(44)31-39)49-23-20-41(52-47(56)16-11-17-48(52)57)30-46(49)55-59-53(37-12-7-5-8-13-37)58-54(60-55)38-14-9-6-10-15-38/h5-32H,1-4H3. The molecular weight excluding hydrogens is 755 g/mol. The van der Waals surface area contributed by atoms with Crippen LogP contribution < -0.4 is 0 Å². The lowest BCUT2D eigenvalue weighted by atomic mass is 9.98. The van der Waals surface area contributed by atoms with Gasteiger partial charge < -0.3 is 4.57 Å². The molecular formula is C55H40F2N4. The third-order valence-corrected chi connectivity index (χ3v) is 11.3. The first-order valence-electron chi connectivity index (χ1n) is 20.4. The summed E-state index contributed by atoms with van der Waals surface area (Å²) in [6.07, 6.45) is 0. The first kappa shape index (κ1) is 37.7. The topological polar surface area (TPSA) is 43.6 Å². The van der Waals surface area contributed by atoms with Gasteiger partial charge in [-0.15, -0.1) is 0 Å². The summed E-state index contributed by atoms with van der Waals surface area (Å²) in [5.74, 6) is 0.0190. The molecule has 0 radical (unpaired) electrons. The Hall–Kier alpha value is -7.57. The monoisotopic (exact) mass is 794 g/mol. The number of halogens is 2. The van der Waals surface area contributed by atoms with Crippen LogP contribution in [-0.4, -0.2) is 19.5 Å². The maximum atomic E-state index is 15.7. The first-order valence-corrected chi connectivity index (χ1v) is 20.4. The molecule has 4 nitrogen and oxygen atoms in total. The highest BCUT2D eigenvalue weighted by Crippen LogP contribution is 2.41. The van der Waals surface area contributed by atoms with Crippen LogP contribution in [0.5, 0.6) is 0 Å². The quantitative estimate of drug-likeness (QED) is 0.161. The molecule has 0 atom stereocenters. The molecule has 2 heterocycles. The first-order chi connectivity index (χ1) is 29.7. The van der Waals surface area contributed by atoms with Gasteiger partial charge >= 0.3 is 0 Å². The molecule has 2 aromatic heterocycles. The lowest BCUT2D eigenvalue weighted by Crippen LogP contribution is -2.04. The lowest BCUT2D eigenvalue weighted by molar-refractivity contribution is 0.589. The van der Waals surface area contributed by atoms with Gasteiger partial charge in [0.2, 0.25) is 0 Å². The van der Waals surface area contributed by atoms with Gasteiger partial charge in [0.1, 0.15) is 11.6 Å². The fourth-order valence-electron chi connectivity index (χ4n) is 8.69. The van der Waals surface area contributed by atoms with E-state index in [2.05, 4.69) is 105 Å². The number of aryl methyl sites for hydroxylation is 4. The second-order valence-electron chi connectivity index (χ2n) is 15.9. The largest absolute Gasteiger partial charge is 0.308 e. The Morgan fingerprint density at radius 1 is 0.361 bits per heavy atom. The van der Waals surface area contributed by atoms with Crippen molar-refractivity contribution in [2.75, 3.05) is 0 Å². The summed E-state index contributed by atoms with van der Waals surface area (Å²) in [5.41, 5.74) is 14.3. The van der Waals surface area contributed by atoms with Gasteiger partial charge in [0, 0.05) is 27.5 Å². The molecule has 10 rings (SSSR count). The molecule has 294 valence electrons. The summed E-state index contributed by atoms with van der Waals surface area (Å²) in [4.78, 5) is 15.3. The highest BCUT2D eigenvalue weighted by molar-refractivity contribution is 6.11. The van der Waals surface area contributed by atoms with E-state index in [-0.39, 0.29) is 5.56 Å². The normalized spacial score (nSPS) is 11.4. The van der Waals surface area contributed by atoms with Crippen LogP contribution in [-0.2, 0) is 0 Å². The molecule has 0 spiro atoms. The molecule has 0 saturated carbocycles. The molecule has 0 aliphatic carbocycles. The molecule has 6 heteroatoms. The molecule has 0 unspecified atom stereocenters. The molecule has 8 aromatic carbocycles. The second kappa shape index (κ2) is 15.2. The minimum atomic E-state index is -0.655. The minimum Gasteiger partial charge on any atom is -0.308 e. The second-order valence-corrected chi connectivity index (χ2v) is 15.9. The van der Waals surface area contributed by atoms with Crippen molar-refractivity contribution in [1.82, 2.24) is 19.5 Å². The summed E-state index contributed by atoms with van der Waals surface area (Å²) in [6.45, 7) is 8.48. The Bertz CT molecular complexity index is 3090. The number of nitrogens with zero attached hydrogens (tertiary/aromatic N) is 4. The minimum absolute atomic E-state index is 0.118. The summed E-state index contributed by atoms with van der Waals surface area (Å²) in [7, 11) is 0. The Morgan fingerprint density at radius 2 is 0.803 bits per heavy atom. The average molecular weight is 795 g/mol. The summed E-state index contributed by atoms with van der Waals surface area (Å²) in [6, 6.07) is 55.5. The number of hydrogen-bond acceptors (Lipinski definition) is 3. The van der Waals surface area contributed by atoms with Crippen LogP contribution in [0, 0.1) is 39.3 Å². The molecule has 0 aliphatic rings. The Kier molecular flexibility index (Phi) is 9.41. The van der Waals surface area contributed by atoms with Gasteiger partial charge in [0.15, 0.2) is 17.5 Å². The number of aromatic nitrogens is 4. The Balaban J connectivity index is 1.32. The number of fused-ring (bicyclic) bond motifs is 3. The fourth-order valence-corrected chi connectivity index (χ4v) is 8.69. The summed E-state index contributed by atoms with van der Waals surface area (Å²) >= 11 is 0. The third-order valence-electron chi connectivity index (χ3n) is 11.3. The molecule has 0 aliphatic heterocycles. The van der Waals surface area contributed by atoms with E-state index in [1.54, 1.807) is 6.07 Å². The molecule has 61 heavy (non-hydrogen) atoms. The predicted molar refractivity (Wildman–Crippen MR) is 246 cm³/mol. The number of hydrogen-bond donors (Lipinski definition) is 0. The smallest absolute Gasteiger partial charge is 0.166 e. The SMILES string of the molecule is Cc1cc(C)cc(-c2ccc3c4ccc(-c5cc(C)cc(C)c5)cc4n(-c4ccc(-c5c(F)cccc5F)cc4-c4nc(-c5ccccc5)nc(-c5ccccc5)n4)c3c2)c1. The zero-order valence-corrected chi connectivity index (χ0v) is 34.2. The molecule has 0 saturated heterocycles. The molecule has 0 fully saturated rings. The van der Waals surface area contributed by atoms with E-state index in [1.807, 2.05) is 72.8 Å². The van der Waals surface area contributed by atoms with E-state index in [4.69, 9.17) is 15.0 Å². The molecule has 0 bridgehead atoms. The van der Waals surface area contributed by atoms with Gasteiger partial charge in [0.05, 0.1) is 22.3 Å². The van der Waals surface area contributed by atoms with E-state index in [0.717, 1.165) is 60.9 Å². The highest BCUT2D eigenvalue weighted by Gasteiger charge is 2.23. The number of rotatable bonds is 7. The summed E-state index contributed by atoms with van der Waals surface area (Å²) in [5, 5.41) is 2.13. The van der Waals surface area contributed by atoms with Crippen LogP contribution in [0.4, 0.5) is 8.78 Å². The zero-order valence-electron chi connectivity index (χ0n) is 34.2. The van der Waals surface area contributed by atoms with Crippen molar-refractivity contribution in [3.8, 4) is 73.2 Å². The van der Waals surface area contributed by atoms with E-state index >= 15 is 8.78 Å². The Morgan fingerprint density at radius 3 is 1.28 bits per heavy atom. The van der Waals surface area contributed by atoms with Crippen molar-refractivity contribution in [3.63, 3.8) is 0 Å². The van der Waals surface area contributed by atoms with Crippen molar-refractivity contribution in [2.45, 2.75) is 27.7 Å². The number of benzene rings is 8. The Labute approximate surface area is 353 Å². The maximum absolute atomic E-state index is 15.7. The third kappa shape index (κ3) is 7.06. The van der Waals surface area contributed by atoms with E-state index in [0.29, 0.717) is 28.6 Å². The van der Waals surface area contributed by atoms with Crippen LogP contribution in [0.15, 0.2) is 170 Å². The van der Waals surface area contributed by atoms with Crippen molar-refractivity contribution < 1.29 is 8.78 Å². The molecule has 0 N–H and O–H groups in total. The maximum Gasteiger partial charge on any atom is 0.166 e. The van der Waals surface area contributed by atoms with Crippen LogP contribution in [0.2, 0.25) is 0 Å². The van der Waals surface area contributed by atoms with Crippen LogP contribution in [0.1, 0.15) is 22.3 Å². The summed E-state index contributed by atoms with van der Waals surface area (Å²) < 4.78 is 33.6. The van der Waals surface area contributed by atoms with Crippen LogP contribution in [0.3, 0.4) is 0 Å². The highest BCUT2D eigenvalue weighted by atomic mass is 19.1. The lowest BCUT2D eigenvalue weighted by Gasteiger charge is -2.17. The van der Waals surface area contributed by atoms with Gasteiger partial charge in [-0.25, -0.2) is 23.7 Å². The van der Waals surface area contributed by atoms with Gasteiger partial charge in [-0.05, 0) is 91.9 Å². The zero-order chi connectivity index (χ0) is 41.8. The van der Waals surface area contributed by atoms with Gasteiger partial charge in [-0.3, -0.25) is 0 Å². The van der Waals surface area contributed by atoms with E-state index in [9.17, 15) is 0 Å². The average Bonchev–Trinajstić information content (AvgIpc) is 3.59. The van der Waals surface area contributed by atoms with Crippen LogP contribution in [0.25, 0.3) is 95.0 Å². The van der Waals surface area contributed by atoms with Crippen molar-refractivity contribution in [3.05, 3.63) is 204 Å². The molecule has 0 amide bonds.